The van der Waals surface area contributed by atoms with E-state index in [1.165, 1.54) is 64.3 Å². The molecule has 0 heterocycles. The first-order valence-electron chi connectivity index (χ1n) is 8.96. The molecule has 0 bridgehead atoms. The molecule has 0 fully saturated rings. The van der Waals surface area contributed by atoms with Gasteiger partial charge in [0.15, 0.2) is 0 Å². The lowest BCUT2D eigenvalue weighted by Crippen LogP contribution is -2.37. The molecule has 0 saturated heterocycles. The summed E-state index contributed by atoms with van der Waals surface area (Å²) in [5.41, 5.74) is 0. The van der Waals surface area contributed by atoms with Gasteiger partial charge in [-0.15, -0.1) is 0 Å². The second-order valence-corrected chi connectivity index (χ2v) is 6.68. The molecule has 0 aromatic rings. The highest BCUT2D eigenvalue weighted by Gasteiger charge is 2.11. The number of hydrogen-bond acceptors (Lipinski definition) is 2. The Hall–Kier alpha value is -0.0800. The van der Waals surface area contributed by atoms with Crippen LogP contribution in [-0.4, -0.2) is 35.2 Å². The van der Waals surface area contributed by atoms with E-state index in [0.29, 0.717) is 18.7 Å². The summed E-state index contributed by atoms with van der Waals surface area (Å²) in [4.78, 5) is 2.60. The summed E-state index contributed by atoms with van der Waals surface area (Å²) in [6, 6.07) is 1.35. The van der Waals surface area contributed by atoms with E-state index in [-0.39, 0.29) is 0 Å². The minimum Gasteiger partial charge on any atom is -0.396 e. The van der Waals surface area contributed by atoms with Gasteiger partial charge in [0.25, 0.3) is 0 Å². The van der Waals surface area contributed by atoms with Crippen LogP contribution in [0.1, 0.15) is 91.9 Å². The van der Waals surface area contributed by atoms with Gasteiger partial charge in [-0.25, -0.2) is 0 Å². The number of unbranched alkanes of at least 4 members (excludes halogenated alkanes) is 9. The monoisotopic (exact) mass is 285 g/mol. The summed E-state index contributed by atoms with van der Waals surface area (Å²) in [6.45, 7) is 10.8. The zero-order valence-electron chi connectivity index (χ0n) is 14.5. The van der Waals surface area contributed by atoms with E-state index in [0.717, 1.165) is 6.42 Å². The first-order chi connectivity index (χ1) is 9.59. The third kappa shape index (κ3) is 11.7. The lowest BCUT2D eigenvalue weighted by molar-refractivity contribution is 0.171. The van der Waals surface area contributed by atoms with Crippen molar-refractivity contribution < 1.29 is 5.11 Å². The highest BCUT2D eigenvalue weighted by Crippen LogP contribution is 2.12. The Bertz CT molecular complexity index is 184. The zero-order valence-corrected chi connectivity index (χ0v) is 14.5. The van der Waals surface area contributed by atoms with Gasteiger partial charge in [0.2, 0.25) is 0 Å². The second kappa shape index (κ2) is 13.9. The van der Waals surface area contributed by atoms with Gasteiger partial charge in [-0.1, -0.05) is 51.4 Å². The maximum Gasteiger partial charge on any atom is 0.0431 e. The highest BCUT2D eigenvalue weighted by atomic mass is 16.2. The van der Waals surface area contributed by atoms with Crippen molar-refractivity contribution in [3.63, 3.8) is 0 Å². The molecule has 0 rings (SSSR count). The standard InChI is InChI=1S/C18H39NO/c1-17(2)19(18(3)4)15-13-11-9-7-5-6-8-10-12-14-16-20/h17-18,20H,5-16H2,1-4H3. The van der Waals surface area contributed by atoms with Gasteiger partial charge in [-0.3, -0.25) is 4.90 Å². The van der Waals surface area contributed by atoms with E-state index in [1.54, 1.807) is 0 Å². The fraction of sp³-hybridized carbons (Fsp3) is 1.00. The lowest BCUT2D eigenvalue weighted by atomic mass is 10.1. The molecule has 122 valence electrons. The SMILES string of the molecule is CC(C)N(CCCCCCCCCCCCO)C(C)C. The molecule has 2 nitrogen and oxygen atoms in total. The molecule has 0 radical (unpaired) electrons. The van der Waals surface area contributed by atoms with Crippen LogP contribution in [0.4, 0.5) is 0 Å². The van der Waals surface area contributed by atoms with E-state index in [2.05, 4.69) is 32.6 Å². The molecule has 2 heteroatoms. The maximum absolute atomic E-state index is 8.69. The smallest absolute Gasteiger partial charge is 0.0431 e. The zero-order chi connectivity index (χ0) is 15.2. The van der Waals surface area contributed by atoms with Crippen LogP contribution in [0.5, 0.6) is 0 Å². The van der Waals surface area contributed by atoms with Crippen LogP contribution >= 0.6 is 0 Å². The van der Waals surface area contributed by atoms with Gasteiger partial charge >= 0.3 is 0 Å². The first-order valence-corrected chi connectivity index (χ1v) is 8.96. The fourth-order valence-electron chi connectivity index (χ4n) is 2.93. The number of rotatable bonds is 14. The molecular formula is C18H39NO. The molecule has 0 aliphatic heterocycles. The molecule has 0 atom stereocenters. The summed E-state index contributed by atoms with van der Waals surface area (Å²) >= 11 is 0. The first kappa shape index (κ1) is 19.9. The van der Waals surface area contributed by atoms with Gasteiger partial charge in [-0.05, 0) is 47.1 Å². The van der Waals surface area contributed by atoms with Crippen LogP contribution in [0, 0.1) is 0 Å². The number of hydrogen-bond donors (Lipinski definition) is 1. The summed E-state index contributed by atoms with van der Waals surface area (Å²) in [7, 11) is 0. The third-order valence-electron chi connectivity index (χ3n) is 4.15. The van der Waals surface area contributed by atoms with Crippen molar-refractivity contribution in [2.45, 2.75) is 104 Å². The van der Waals surface area contributed by atoms with Crippen LogP contribution in [0.15, 0.2) is 0 Å². The van der Waals surface area contributed by atoms with E-state index in [1.807, 2.05) is 0 Å². The van der Waals surface area contributed by atoms with Gasteiger partial charge in [-0.2, -0.15) is 0 Å². The van der Waals surface area contributed by atoms with Gasteiger partial charge in [0.05, 0.1) is 0 Å². The van der Waals surface area contributed by atoms with Crippen molar-refractivity contribution in [3.8, 4) is 0 Å². The molecule has 0 aliphatic rings. The molecule has 0 aliphatic carbocycles. The normalized spacial score (nSPS) is 12.0. The Kier molecular flexibility index (Phi) is 13.8. The van der Waals surface area contributed by atoms with Gasteiger partial charge in [0.1, 0.15) is 0 Å². The molecule has 20 heavy (non-hydrogen) atoms. The van der Waals surface area contributed by atoms with Crippen molar-refractivity contribution in [1.82, 2.24) is 4.90 Å². The summed E-state index contributed by atoms with van der Waals surface area (Å²) < 4.78 is 0. The highest BCUT2D eigenvalue weighted by molar-refractivity contribution is 4.67. The third-order valence-corrected chi connectivity index (χ3v) is 4.15. The van der Waals surface area contributed by atoms with Crippen LogP contribution in [0.25, 0.3) is 0 Å². The summed E-state index contributed by atoms with van der Waals surface area (Å²) in [5.74, 6) is 0. The minimum atomic E-state index is 0.365. The lowest BCUT2D eigenvalue weighted by Gasteiger charge is -2.30. The molecule has 0 unspecified atom stereocenters. The van der Waals surface area contributed by atoms with Crippen molar-refractivity contribution >= 4 is 0 Å². The Morgan fingerprint density at radius 1 is 0.600 bits per heavy atom. The molecule has 0 saturated carbocycles. The quantitative estimate of drug-likeness (QED) is 0.454. The molecule has 1 N–H and O–H groups in total. The summed E-state index contributed by atoms with van der Waals surface area (Å²) in [5, 5.41) is 8.69. The van der Waals surface area contributed by atoms with Crippen molar-refractivity contribution in [1.29, 1.82) is 0 Å². The number of aliphatic hydroxyl groups excluding tert-OH is 1. The largest absolute Gasteiger partial charge is 0.396 e. The van der Waals surface area contributed by atoms with Gasteiger partial charge in [0, 0.05) is 18.7 Å². The number of aliphatic hydroxyl groups is 1. The predicted octanol–water partition coefficient (Wildman–Crippen LogP) is 5.00. The van der Waals surface area contributed by atoms with E-state index < -0.39 is 0 Å². The number of nitrogens with zero attached hydrogens (tertiary/aromatic N) is 1. The van der Waals surface area contributed by atoms with E-state index in [4.69, 9.17) is 5.11 Å². The summed E-state index contributed by atoms with van der Waals surface area (Å²) in [6.07, 6.45) is 13.2. The van der Waals surface area contributed by atoms with Crippen LogP contribution < -0.4 is 0 Å². The van der Waals surface area contributed by atoms with Crippen molar-refractivity contribution in [3.05, 3.63) is 0 Å². The van der Waals surface area contributed by atoms with Crippen molar-refractivity contribution in [2.75, 3.05) is 13.2 Å². The topological polar surface area (TPSA) is 23.5 Å². The molecule has 0 aromatic heterocycles. The Labute approximate surface area is 127 Å². The minimum absolute atomic E-state index is 0.365. The van der Waals surface area contributed by atoms with Crippen LogP contribution in [0.3, 0.4) is 0 Å². The van der Waals surface area contributed by atoms with Crippen LogP contribution in [-0.2, 0) is 0 Å². The predicted molar refractivity (Wildman–Crippen MR) is 90.2 cm³/mol. The Morgan fingerprint density at radius 3 is 1.30 bits per heavy atom. The Morgan fingerprint density at radius 2 is 0.950 bits per heavy atom. The van der Waals surface area contributed by atoms with E-state index >= 15 is 0 Å². The maximum atomic E-state index is 8.69. The van der Waals surface area contributed by atoms with Gasteiger partial charge < -0.3 is 5.11 Å². The van der Waals surface area contributed by atoms with Crippen LogP contribution in [0.2, 0.25) is 0 Å². The average Bonchev–Trinajstić information content (AvgIpc) is 2.39. The fourth-order valence-corrected chi connectivity index (χ4v) is 2.93. The average molecular weight is 286 g/mol. The molecule has 0 aromatic carbocycles. The van der Waals surface area contributed by atoms with E-state index in [9.17, 15) is 0 Å². The molecule has 0 amide bonds. The molecule has 0 spiro atoms. The molecular weight excluding hydrogens is 246 g/mol. The Balaban J connectivity index is 3.27. The van der Waals surface area contributed by atoms with Crippen molar-refractivity contribution in [2.24, 2.45) is 0 Å². The second-order valence-electron chi connectivity index (χ2n) is 6.68.